The third-order valence-corrected chi connectivity index (χ3v) is 2.48. The summed E-state index contributed by atoms with van der Waals surface area (Å²) in [7, 11) is 0. The molecule has 0 spiro atoms. The van der Waals surface area contributed by atoms with Crippen molar-refractivity contribution in [3.63, 3.8) is 0 Å². The van der Waals surface area contributed by atoms with Gasteiger partial charge in [-0.15, -0.1) is 10.0 Å². The fourth-order valence-electron chi connectivity index (χ4n) is 1.59. The van der Waals surface area contributed by atoms with E-state index in [0.717, 1.165) is 5.56 Å². The Morgan fingerprint density at radius 2 is 2.06 bits per heavy atom. The second kappa shape index (κ2) is 5.81. The maximum Gasteiger partial charge on any atom is 0.309 e. The zero-order valence-corrected chi connectivity index (χ0v) is 9.69. The summed E-state index contributed by atoms with van der Waals surface area (Å²) in [6.07, 6.45) is 2.47. The molecule has 0 fully saturated rings. The van der Waals surface area contributed by atoms with Crippen molar-refractivity contribution in [2.75, 3.05) is 0 Å². The van der Waals surface area contributed by atoms with Crippen molar-refractivity contribution in [1.82, 2.24) is 14.8 Å². The highest BCUT2D eigenvalue weighted by molar-refractivity contribution is 5.78. The van der Waals surface area contributed by atoms with Gasteiger partial charge in [0.1, 0.15) is 12.9 Å². The molecule has 0 atom stereocenters. The van der Waals surface area contributed by atoms with E-state index < -0.39 is 0 Å². The first-order valence-corrected chi connectivity index (χ1v) is 5.56. The first kappa shape index (κ1) is 12.1. The van der Waals surface area contributed by atoms with E-state index in [1.807, 2.05) is 30.3 Å². The summed E-state index contributed by atoms with van der Waals surface area (Å²) in [5.74, 6) is -0.105. The molecule has 1 aromatic heterocycles. The van der Waals surface area contributed by atoms with Crippen LogP contribution >= 0.6 is 0 Å². The molecule has 0 N–H and O–H groups in total. The fraction of sp³-hybridized carbons (Fsp3) is 0.250. The van der Waals surface area contributed by atoms with Crippen LogP contribution < -0.4 is 0 Å². The van der Waals surface area contributed by atoms with Crippen LogP contribution in [0.4, 0.5) is 5.95 Å². The SMILES string of the molecule is O=Nc1ncn(CC(=O)CCc2ccccc2)n1. The number of hydrogen-bond donors (Lipinski definition) is 0. The Balaban J connectivity index is 1.84. The lowest BCUT2D eigenvalue weighted by molar-refractivity contribution is -0.119. The van der Waals surface area contributed by atoms with Crippen LogP contribution in [0.25, 0.3) is 0 Å². The normalized spacial score (nSPS) is 10.2. The van der Waals surface area contributed by atoms with Crippen LogP contribution in [0.15, 0.2) is 41.8 Å². The van der Waals surface area contributed by atoms with Gasteiger partial charge in [-0.1, -0.05) is 30.3 Å². The third kappa shape index (κ3) is 3.31. The van der Waals surface area contributed by atoms with E-state index in [9.17, 15) is 9.70 Å². The summed E-state index contributed by atoms with van der Waals surface area (Å²) in [5.41, 5.74) is 1.12. The first-order valence-electron chi connectivity index (χ1n) is 5.56. The Kier molecular flexibility index (Phi) is 3.90. The molecule has 1 aromatic carbocycles. The quantitative estimate of drug-likeness (QED) is 0.727. The van der Waals surface area contributed by atoms with Crippen LogP contribution in [0.1, 0.15) is 12.0 Å². The van der Waals surface area contributed by atoms with Crippen molar-refractivity contribution >= 4 is 11.7 Å². The second-order valence-electron chi connectivity index (χ2n) is 3.86. The van der Waals surface area contributed by atoms with E-state index in [2.05, 4.69) is 15.3 Å². The largest absolute Gasteiger partial charge is 0.309 e. The van der Waals surface area contributed by atoms with Gasteiger partial charge in [0, 0.05) is 11.6 Å². The number of carbonyl (C=O) groups excluding carboxylic acids is 1. The summed E-state index contributed by atoms with van der Waals surface area (Å²) in [4.78, 5) is 25.5. The molecule has 6 nitrogen and oxygen atoms in total. The van der Waals surface area contributed by atoms with E-state index in [4.69, 9.17) is 0 Å². The van der Waals surface area contributed by atoms with Gasteiger partial charge < -0.3 is 0 Å². The zero-order valence-electron chi connectivity index (χ0n) is 9.69. The number of benzene rings is 1. The predicted octanol–water partition coefficient (Wildman–Crippen LogP) is 1.88. The lowest BCUT2D eigenvalue weighted by atomic mass is 10.1. The molecule has 92 valence electrons. The molecule has 0 aliphatic heterocycles. The molecule has 0 aliphatic rings. The van der Waals surface area contributed by atoms with Gasteiger partial charge in [0.25, 0.3) is 0 Å². The lowest BCUT2D eigenvalue weighted by Crippen LogP contribution is -2.11. The maximum atomic E-state index is 11.7. The number of nitroso groups, excluding NO2 is 1. The van der Waals surface area contributed by atoms with Crippen molar-refractivity contribution < 1.29 is 4.79 Å². The Labute approximate surface area is 104 Å². The van der Waals surface area contributed by atoms with E-state index in [-0.39, 0.29) is 18.3 Å². The number of hydrogen-bond acceptors (Lipinski definition) is 5. The van der Waals surface area contributed by atoms with Gasteiger partial charge in [-0.2, -0.15) is 4.98 Å². The third-order valence-electron chi connectivity index (χ3n) is 2.48. The molecular weight excluding hydrogens is 232 g/mol. The Morgan fingerprint density at radius 1 is 1.28 bits per heavy atom. The minimum atomic E-state index is -0.147. The molecule has 2 aromatic rings. The number of aromatic nitrogens is 3. The highest BCUT2D eigenvalue weighted by Gasteiger charge is 2.06. The standard InChI is InChI=1S/C12H12N4O2/c17-11(7-6-10-4-2-1-3-5-10)8-16-9-13-12(14-16)15-18/h1-5,9H,6-8H2. The molecule has 6 heteroatoms. The van der Waals surface area contributed by atoms with Gasteiger partial charge in [0.05, 0.1) is 0 Å². The van der Waals surface area contributed by atoms with Crippen LogP contribution in [-0.4, -0.2) is 20.5 Å². The molecule has 0 aliphatic carbocycles. The van der Waals surface area contributed by atoms with Crippen molar-refractivity contribution in [3.8, 4) is 0 Å². The van der Waals surface area contributed by atoms with Gasteiger partial charge >= 0.3 is 5.95 Å². The minimum absolute atomic E-state index is 0.0428. The summed E-state index contributed by atoms with van der Waals surface area (Å²) < 4.78 is 1.32. The smallest absolute Gasteiger partial charge is 0.298 e. The fourth-order valence-corrected chi connectivity index (χ4v) is 1.59. The molecule has 1 heterocycles. The maximum absolute atomic E-state index is 11.7. The molecule has 0 amide bonds. The summed E-state index contributed by atoms with van der Waals surface area (Å²) in [6.45, 7) is 0.120. The van der Waals surface area contributed by atoms with Crippen molar-refractivity contribution in [2.24, 2.45) is 5.18 Å². The Hall–Kier alpha value is -2.37. The number of aryl methyl sites for hydroxylation is 1. The Bertz CT molecular complexity index is 536. The summed E-state index contributed by atoms with van der Waals surface area (Å²) in [5, 5.41) is 6.32. The number of Topliss-reactive ketones (excluding diaryl/α,β-unsaturated/α-hetero) is 1. The molecule has 18 heavy (non-hydrogen) atoms. The monoisotopic (exact) mass is 244 g/mol. The number of ketones is 1. The van der Waals surface area contributed by atoms with Gasteiger partial charge in [0.15, 0.2) is 5.78 Å². The number of rotatable bonds is 6. The average Bonchev–Trinajstić information content (AvgIpc) is 2.85. The van der Waals surface area contributed by atoms with Crippen LogP contribution in [-0.2, 0) is 17.8 Å². The van der Waals surface area contributed by atoms with Crippen LogP contribution in [0.3, 0.4) is 0 Å². The molecule has 0 saturated carbocycles. The van der Waals surface area contributed by atoms with Crippen molar-refractivity contribution in [3.05, 3.63) is 47.1 Å². The molecule has 0 radical (unpaired) electrons. The highest BCUT2D eigenvalue weighted by atomic mass is 16.3. The van der Waals surface area contributed by atoms with E-state index in [1.165, 1.54) is 11.0 Å². The summed E-state index contributed by atoms with van der Waals surface area (Å²) in [6, 6.07) is 9.79. The molecule has 2 rings (SSSR count). The van der Waals surface area contributed by atoms with E-state index in [0.29, 0.717) is 12.8 Å². The number of carbonyl (C=O) groups is 1. The van der Waals surface area contributed by atoms with E-state index in [1.54, 1.807) is 0 Å². The van der Waals surface area contributed by atoms with Crippen LogP contribution in [0, 0.1) is 4.91 Å². The van der Waals surface area contributed by atoms with Crippen molar-refractivity contribution in [2.45, 2.75) is 19.4 Å². The molecule has 0 saturated heterocycles. The molecule has 0 bridgehead atoms. The van der Waals surface area contributed by atoms with Crippen LogP contribution in [0.5, 0.6) is 0 Å². The van der Waals surface area contributed by atoms with Gasteiger partial charge in [-0.3, -0.25) is 4.79 Å². The Morgan fingerprint density at radius 3 is 2.72 bits per heavy atom. The van der Waals surface area contributed by atoms with Crippen LogP contribution in [0.2, 0.25) is 0 Å². The predicted molar refractivity (Wildman–Crippen MR) is 65.2 cm³/mol. The number of nitrogens with zero attached hydrogens (tertiary/aromatic N) is 4. The van der Waals surface area contributed by atoms with Gasteiger partial charge in [0.2, 0.25) is 0 Å². The van der Waals surface area contributed by atoms with E-state index >= 15 is 0 Å². The summed E-state index contributed by atoms with van der Waals surface area (Å²) >= 11 is 0. The molecular formula is C12H12N4O2. The van der Waals surface area contributed by atoms with Gasteiger partial charge in [-0.25, -0.2) is 4.68 Å². The van der Waals surface area contributed by atoms with Crippen molar-refractivity contribution in [1.29, 1.82) is 0 Å². The lowest BCUT2D eigenvalue weighted by Gasteiger charge is -2.01. The topological polar surface area (TPSA) is 77.2 Å². The highest BCUT2D eigenvalue weighted by Crippen LogP contribution is 2.04. The minimum Gasteiger partial charge on any atom is -0.298 e. The first-order chi connectivity index (χ1) is 8.78. The zero-order chi connectivity index (χ0) is 12.8. The van der Waals surface area contributed by atoms with Gasteiger partial charge in [-0.05, 0) is 12.0 Å². The second-order valence-corrected chi connectivity index (χ2v) is 3.86. The average molecular weight is 244 g/mol. The molecule has 0 unspecified atom stereocenters.